The van der Waals surface area contributed by atoms with E-state index in [0.29, 0.717) is 0 Å². The Morgan fingerprint density at radius 2 is 0.227 bits per heavy atom. The number of halogens is 18. The van der Waals surface area contributed by atoms with Crippen LogP contribution in [0.25, 0.3) is 0 Å². The van der Waals surface area contributed by atoms with Gasteiger partial charge in [-0.15, -0.1) is 0 Å². The van der Waals surface area contributed by atoms with Gasteiger partial charge in [0.05, 0.1) is 0 Å². The van der Waals surface area contributed by atoms with E-state index in [4.69, 9.17) is 0 Å². The summed E-state index contributed by atoms with van der Waals surface area (Å²) in [6.45, 7) is 0. The summed E-state index contributed by atoms with van der Waals surface area (Å²) in [5.74, 6) is 0. The second-order valence-electron chi connectivity index (χ2n) is 2.87. The molecule has 0 aromatic rings. The largest absolute Gasteiger partial charge is 3.00 e. The van der Waals surface area contributed by atoms with Crippen LogP contribution >= 0.6 is 0 Å². The molecule has 0 aromatic heterocycles. The van der Waals surface area contributed by atoms with Gasteiger partial charge in [-0.25, -0.2) is 0 Å². The third kappa shape index (κ3) is 2790. The van der Waals surface area contributed by atoms with Crippen molar-refractivity contribution in [2.75, 3.05) is 0 Å². The molecule has 0 aliphatic rings. The first-order chi connectivity index (χ1) is 7.35. The Morgan fingerprint density at radius 1 is 0.227 bits per heavy atom. The van der Waals surface area contributed by atoms with Gasteiger partial charge in [0.2, 0.25) is 0 Å². The fourth-order valence-corrected chi connectivity index (χ4v) is 0. The summed E-state index contributed by atoms with van der Waals surface area (Å²) in [7, 11) is 0. The number of hydrogen-bond donors (Lipinski definition) is 0. The van der Waals surface area contributed by atoms with E-state index in [1.165, 1.54) is 0 Å². The maximum absolute atomic E-state index is 11.2. The zero-order chi connectivity index (χ0) is 19.2. The molecule has 0 aromatic carbocycles. The minimum atomic E-state index is -11.2. The van der Waals surface area contributed by atoms with Gasteiger partial charge >= 0.3 is 129 Å². The molecule has 150 valence electrons. The van der Waals surface area contributed by atoms with Crippen LogP contribution in [-0.2, 0) is 20.1 Å². The van der Waals surface area contributed by atoms with Gasteiger partial charge in [0.1, 0.15) is 0 Å². The standard InChI is InChI=1S/18FH.Ir.3Sb/h18*1H;;;;/q;;;;;;;;;;;;;;;;;;+3;3*+5/p-18. The smallest absolute Gasteiger partial charge is 3.00 e. The van der Waals surface area contributed by atoms with Crippen molar-refractivity contribution in [2.45, 2.75) is 0 Å². The minimum absolute atomic E-state index is 0. The van der Waals surface area contributed by atoms with E-state index in [9.17, 15) is 50.6 Å². The van der Waals surface area contributed by atoms with E-state index in [-0.39, 0.29) is 20.1 Å². The molecule has 0 radical (unpaired) electrons. The second-order valence-corrected chi connectivity index (χ2v) is 19.3. The van der Waals surface area contributed by atoms with Gasteiger partial charge < -0.3 is 0 Å². The first-order valence-electron chi connectivity index (χ1n) is 3.04. The van der Waals surface area contributed by atoms with Gasteiger partial charge in [0, 0.05) is 0 Å². The molecular formula is F18IrSb3. The predicted molar refractivity (Wildman–Crippen MR) is 37.2 cm³/mol. The van der Waals surface area contributed by atoms with Crippen molar-refractivity contribution >= 4 is 58.4 Å². The van der Waals surface area contributed by atoms with Crippen LogP contribution in [0.15, 0.2) is 0 Å². The quantitative estimate of drug-likeness (QED) is 0.195. The zero-order valence-electron chi connectivity index (χ0n) is 8.48. The molecular weight excluding hydrogens is 899 g/mol. The van der Waals surface area contributed by atoms with Crippen LogP contribution in [0.5, 0.6) is 0 Å². The summed E-state index contributed by atoms with van der Waals surface area (Å²) in [5, 5.41) is 0. The summed E-state index contributed by atoms with van der Waals surface area (Å²) in [6, 6.07) is 0. The molecule has 0 amide bonds. The molecule has 0 nitrogen and oxygen atoms in total. The topological polar surface area (TPSA) is 0 Å². The Kier molecular flexibility index (Phi) is 7.13. The molecule has 0 heterocycles. The van der Waals surface area contributed by atoms with Gasteiger partial charge in [-0.2, -0.15) is 0 Å². The van der Waals surface area contributed by atoms with Crippen molar-refractivity contribution in [1.29, 1.82) is 0 Å². The first kappa shape index (κ1) is 31.6. The molecule has 0 saturated heterocycles. The van der Waals surface area contributed by atoms with Gasteiger partial charge in [-0.3, -0.25) is 0 Å². The van der Waals surface area contributed by atoms with Crippen molar-refractivity contribution < 1.29 is 70.7 Å². The van der Waals surface area contributed by atoms with Gasteiger partial charge in [-0.05, 0) is 0 Å². The maximum Gasteiger partial charge on any atom is 3.00 e. The second kappa shape index (κ2) is 4.97. The van der Waals surface area contributed by atoms with Crippen molar-refractivity contribution in [3.63, 3.8) is 0 Å². The van der Waals surface area contributed by atoms with Gasteiger partial charge in [0.25, 0.3) is 0 Å². The molecule has 0 N–H and O–H groups in total. The molecule has 0 aliphatic carbocycles. The summed E-state index contributed by atoms with van der Waals surface area (Å²) in [4.78, 5) is 0. The van der Waals surface area contributed by atoms with Gasteiger partial charge in [-0.1, -0.05) is 0 Å². The Bertz CT molecular complexity index is 265. The molecule has 0 saturated carbocycles. The third-order valence-electron chi connectivity index (χ3n) is 0. The van der Waals surface area contributed by atoms with E-state index >= 15 is 0 Å². The van der Waals surface area contributed by atoms with E-state index in [1.54, 1.807) is 0 Å². The van der Waals surface area contributed by atoms with Crippen molar-refractivity contribution in [1.82, 2.24) is 0 Å². The average Bonchev–Trinajstić information content (AvgIpc) is 1.19. The van der Waals surface area contributed by atoms with Gasteiger partial charge in [0.15, 0.2) is 0 Å². The number of rotatable bonds is 0. The first-order valence-corrected chi connectivity index (χ1v) is 20.4. The van der Waals surface area contributed by atoms with Crippen molar-refractivity contribution in [3.8, 4) is 0 Å². The van der Waals surface area contributed by atoms with E-state index in [2.05, 4.69) is 0 Å². The molecule has 0 atom stereocenters. The van der Waals surface area contributed by atoms with E-state index < -0.39 is 58.4 Å². The van der Waals surface area contributed by atoms with Crippen molar-refractivity contribution in [2.24, 2.45) is 0 Å². The molecule has 22 heavy (non-hydrogen) atoms. The maximum atomic E-state index is 9.93. The fraction of sp³-hybridized carbons (Fsp3) is 0. The summed E-state index contributed by atoms with van der Waals surface area (Å²) in [6.07, 6.45) is 0. The minimum Gasteiger partial charge on any atom is 3.00 e. The normalized spacial score (nSPS) is 22.1. The van der Waals surface area contributed by atoms with Crippen molar-refractivity contribution in [3.05, 3.63) is 0 Å². The van der Waals surface area contributed by atoms with E-state index in [0.717, 1.165) is 0 Å². The Labute approximate surface area is 128 Å². The van der Waals surface area contributed by atoms with Crippen LogP contribution in [0, 0.1) is 0 Å². The number of hydrogen-bond acceptors (Lipinski definition) is 0. The summed E-state index contributed by atoms with van der Waals surface area (Å²) in [5.41, 5.74) is 0. The van der Waals surface area contributed by atoms with Crippen LogP contribution in [0.3, 0.4) is 0 Å². The predicted octanol–water partition coefficient (Wildman–Crippen LogP) is 6.42. The third-order valence-corrected chi connectivity index (χ3v) is 0. The van der Waals surface area contributed by atoms with Crippen LogP contribution in [0.4, 0.5) is 50.6 Å². The zero-order valence-corrected chi connectivity index (χ0v) is 18.5. The summed E-state index contributed by atoms with van der Waals surface area (Å²) < 4.78 is 179. The van der Waals surface area contributed by atoms with Crippen LogP contribution in [0.2, 0.25) is 0 Å². The summed E-state index contributed by atoms with van der Waals surface area (Å²) >= 11 is -33.8. The molecule has 0 spiro atoms. The molecule has 0 unspecified atom stereocenters. The molecule has 0 aliphatic heterocycles. The average molecular weight is 899 g/mol. The molecule has 0 rings (SSSR count). The Balaban J connectivity index is -0.000000108. The van der Waals surface area contributed by atoms with E-state index in [1.807, 2.05) is 0 Å². The molecule has 0 bridgehead atoms. The van der Waals surface area contributed by atoms with Crippen LogP contribution < -0.4 is 0 Å². The monoisotopic (exact) mass is 898 g/mol. The fourth-order valence-electron chi connectivity index (χ4n) is 0. The SMILES string of the molecule is [F][Sb-]([F])([F])([F])([F])[F].[F][Sb-]([F])([F])([F])([F])[F].[F][Sb-]([F])([F])([F])([F])[F].[Ir+3]. The molecule has 0 fully saturated rings. The van der Waals surface area contributed by atoms with Crippen LogP contribution in [0.1, 0.15) is 0 Å². The van der Waals surface area contributed by atoms with Crippen LogP contribution in [-0.4, -0.2) is 58.4 Å². The Hall–Kier alpha value is 1.84. The molecule has 22 heteroatoms. The Morgan fingerprint density at radius 3 is 0.227 bits per heavy atom.